The van der Waals surface area contributed by atoms with E-state index in [9.17, 15) is 0 Å². The first-order valence-electron chi connectivity index (χ1n) is 5.46. The Morgan fingerprint density at radius 3 is 3.27 bits per heavy atom. The number of aromatic nitrogens is 2. The summed E-state index contributed by atoms with van der Waals surface area (Å²) in [5, 5.41) is 2.12. The van der Waals surface area contributed by atoms with Gasteiger partial charge in [0.1, 0.15) is 5.82 Å². The third-order valence-electron chi connectivity index (χ3n) is 3.11. The number of thiophene rings is 1. The molecule has 78 valence electrons. The predicted molar refractivity (Wildman–Crippen MR) is 63.2 cm³/mol. The van der Waals surface area contributed by atoms with Crippen molar-refractivity contribution in [2.45, 2.75) is 32.2 Å². The van der Waals surface area contributed by atoms with Crippen LogP contribution in [0.25, 0.3) is 10.7 Å². The summed E-state index contributed by atoms with van der Waals surface area (Å²) >= 11 is 1.77. The summed E-state index contributed by atoms with van der Waals surface area (Å²) in [5.41, 5.74) is 1.40. The molecule has 0 bridgehead atoms. The minimum atomic E-state index is 0.605. The normalized spacial score (nSPS) is 20.2. The molecular weight excluding hydrogens is 204 g/mol. The highest BCUT2D eigenvalue weighted by Crippen LogP contribution is 2.32. The van der Waals surface area contributed by atoms with Gasteiger partial charge in [0.05, 0.1) is 4.88 Å². The number of fused-ring (bicyclic) bond motifs is 1. The van der Waals surface area contributed by atoms with Gasteiger partial charge < -0.3 is 4.57 Å². The molecule has 1 atom stereocenters. The average molecular weight is 218 g/mol. The van der Waals surface area contributed by atoms with Crippen LogP contribution in [0.15, 0.2) is 23.7 Å². The first-order valence-corrected chi connectivity index (χ1v) is 6.34. The monoisotopic (exact) mass is 218 g/mol. The molecule has 0 aromatic carbocycles. The van der Waals surface area contributed by atoms with Crippen LogP contribution in [0, 0.1) is 0 Å². The van der Waals surface area contributed by atoms with Gasteiger partial charge >= 0.3 is 0 Å². The molecule has 15 heavy (non-hydrogen) atoms. The molecule has 0 fully saturated rings. The highest BCUT2D eigenvalue weighted by molar-refractivity contribution is 7.13. The molecule has 2 nitrogen and oxygen atoms in total. The molecule has 0 N–H and O–H groups in total. The molecule has 1 unspecified atom stereocenters. The zero-order valence-electron chi connectivity index (χ0n) is 8.81. The van der Waals surface area contributed by atoms with Crippen molar-refractivity contribution in [1.82, 2.24) is 9.55 Å². The Kier molecular flexibility index (Phi) is 2.13. The molecule has 0 amide bonds. The van der Waals surface area contributed by atoms with Gasteiger partial charge in [-0.2, -0.15) is 0 Å². The van der Waals surface area contributed by atoms with E-state index in [0.717, 1.165) is 5.82 Å². The fourth-order valence-corrected chi connectivity index (χ4v) is 3.09. The topological polar surface area (TPSA) is 17.8 Å². The highest BCUT2D eigenvalue weighted by atomic mass is 32.1. The zero-order chi connectivity index (χ0) is 10.3. The van der Waals surface area contributed by atoms with E-state index in [1.807, 2.05) is 6.20 Å². The van der Waals surface area contributed by atoms with Crippen molar-refractivity contribution < 1.29 is 0 Å². The van der Waals surface area contributed by atoms with Gasteiger partial charge in [-0.1, -0.05) is 6.07 Å². The van der Waals surface area contributed by atoms with E-state index >= 15 is 0 Å². The van der Waals surface area contributed by atoms with Crippen molar-refractivity contribution in [1.29, 1.82) is 0 Å². The Morgan fingerprint density at radius 1 is 1.53 bits per heavy atom. The zero-order valence-corrected chi connectivity index (χ0v) is 9.63. The first kappa shape index (κ1) is 9.16. The number of aryl methyl sites for hydroxylation is 1. The maximum absolute atomic E-state index is 4.56. The second-order valence-electron chi connectivity index (χ2n) is 4.16. The van der Waals surface area contributed by atoms with E-state index in [-0.39, 0.29) is 0 Å². The standard InChI is InChI=1S/C12H14N2S/c1-9-4-2-5-10-8-13-12(14(9)10)11-6-3-7-15-11/h3,6-9H,2,4-5H2,1H3. The summed E-state index contributed by atoms with van der Waals surface area (Å²) in [7, 11) is 0. The number of imidazole rings is 1. The molecule has 3 heterocycles. The van der Waals surface area contributed by atoms with Gasteiger partial charge in [0, 0.05) is 17.9 Å². The van der Waals surface area contributed by atoms with Gasteiger partial charge in [0.2, 0.25) is 0 Å². The van der Waals surface area contributed by atoms with Gasteiger partial charge in [-0.3, -0.25) is 0 Å². The van der Waals surface area contributed by atoms with Crippen LogP contribution < -0.4 is 0 Å². The van der Waals surface area contributed by atoms with Crippen molar-refractivity contribution in [3.63, 3.8) is 0 Å². The lowest BCUT2D eigenvalue weighted by Gasteiger charge is -2.23. The molecule has 0 aliphatic carbocycles. The van der Waals surface area contributed by atoms with Crippen LogP contribution in [0.1, 0.15) is 31.5 Å². The maximum atomic E-state index is 4.56. The summed E-state index contributed by atoms with van der Waals surface area (Å²) in [6.07, 6.45) is 5.81. The minimum absolute atomic E-state index is 0.605. The van der Waals surface area contributed by atoms with Gasteiger partial charge in [-0.15, -0.1) is 11.3 Å². The Morgan fingerprint density at radius 2 is 2.47 bits per heavy atom. The quantitative estimate of drug-likeness (QED) is 0.716. The molecule has 3 rings (SSSR count). The van der Waals surface area contributed by atoms with Crippen LogP contribution in [0.3, 0.4) is 0 Å². The lowest BCUT2D eigenvalue weighted by molar-refractivity contribution is 0.436. The largest absolute Gasteiger partial charge is 0.325 e. The summed E-state index contributed by atoms with van der Waals surface area (Å²) in [5.74, 6) is 1.16. The fraction of sp³-hybridized carbons (Fsp3) is 0.417. The van der Waals surface area contributed by atoms with Crippen molar-refractivity contribution in [3.8, 4) is 10.7 Å². The number of nitrogens with zero attached hydrogens (tertiary/aromatic N) is 2. The molecule has 0 radical (unpaired) electrons. The number of rotatable bonds is 1. The smallest absolute Gasteiger partial charge is 0.150 e. The van der Waals surface area contributed by atoms with Crippen molar-refractivity contribution in [3.05, 3.63) is 29.4 Å². The van der Waals surface area contributed by atoms with Crippen LogP contribution >= 0.6 is 11.3 Å². The van der Waals surface area contributed by atoms with Gasteiger partial charge in [0.15, 0.2) is 0 Å². The summed E-state index contributed by atoms with van der Waals surface area (Å²) in [6.45, 7) is 2.29. The molecule has 1 aliphatic rings. The maximum Gasteiger partial charge on any atom is 0.150 e. The number of hydrogen-bond donors (Lipinski definition) is 0. The lowest BCUT2D eigenvalue weighted by Crippen LogP contribution is -2.15. The van der Waals surface area contributed by atoms with E-state index in [0.29, 0.717) is 6.04 Å². The van der Waals surface area contributed by atoms with Gasteiger partial charge in [-0.25, -0.2) is 4.98 Å². The molecule has 0 spiro atoms. The van der Waals surface area contributed by atoms with Crippen molar-refractivity contribution in [2.24, 2.45) is 0 Å². The van der Waals surface area contributed by atoms with Crippen LogP contribution in [-0.2, 0) is 6.42 Å². The molecular formula is C12H14N2S. The van der Waals surface area contributed by atoms with Crippen LogP contribution in [0.2, 0.25) is 0 Å². The molecule has 3 heteroatoms. The van der Waals surface area contributed by atoms with E-state index in [2.05, 4.69) is 34.0 Å². The average Bonchev–Trinajstić information content (AvgIpc) is 2.85. The van der Waals surface area contributed by atoms with Crippen LogP contribution in [0.4, 0.5) is 0 Å². The minimum Gasteiger partial charge on any atom is -0.325 e. The molecule has 2 aromatic rings. The second kappa shape index (κ2) is 3.49. The molecule has 0 saturated heterocycles. The molecule has 0 saturated carbocycles. The van der Waals surface area contributed by atoms with Crippen LogP contribution in [0.5, 0.6) is 0 Å². The van der Waals surface area contributed by atoms with Gasteiger partial charge in [0.25, 0.3) is 0 Å². The highest BCUT2D eigenvalue weighted by Gasteiger charge is 2.20. The van der Waals surface area contributed by atoms with Crippen molar-refractivity contribution >= 4 is 11.3 Å². The molecule has 1 aliphatic heterocycles. The van der Waals surface area contributed by atoms with E-state index < -0.39 is 0 Å². The van der Waals surface area contributed by atoms with E-state index in [4.69, 9.17) is 0 Å². The van der Waals surface area contributed by atoms with Gasteiger partial charge in [-0.05, 0) is 37.6 Å². The first-order chi connectivity index (χ1) is 7.36. The second-order valence-corrected chi connectivity index (χ2v) is 5.11. The predicted octanol–water partition coefficient (Wildman–Crippen LogP) is 3.51. The summed E-state index contributed by atoms with van der Waals surface area (Å²) in [4.78, 5) is 5.85. The third kappa shape index (κ3) is 1.42. The Bertz CT molecular complexity index is 456. The molecule has 2 aromatic heterocycles. The summed E-state index contributed by atoms with van der Waals surface area (Å²) in [6, 6.07) is 4.85. The SMILES string of the molecule is CC1CCCc2cnc(-c3cccs3)n21. The van der Waals surface area contributed by atoms with Crippen molar-refractivity contribution in [2.75, 3.05) is 0 Å². The summed E-state index contributed by atoms with van der Waals surface area (Å²) < 4.78 is 2.41. The Balaban J connectivity index is 2.14. The van der Waals surface area contributed by atoms with Crippen LogP contribution in [-0.4, -0.2) is 9.55 Å². The van der Waals surface area contributed by atoms with E-state index in [1.54, 1.807) is 11.3 Å². The van der Waals surface area contributed by atoms with E-state index in [1.165, 1.54) is 29.8 Å². The Hall–Kier alpha value is -1.09. The lowest BCUT2D eigenvalue weighted by atomic mass is 10.0. The fourth-order valence-electron chi connectivity index (χ4n) is 2.37. The third-order valence-corrected chi connectivity index (χ3v) is 3.98. The number of hydrogen-bond acceptors (Lipinski definition) is 2. The Labute approximate surface area is 93.6 Å².